The van der Waals surface area contributed by atoms with E-state index < -0.39 is 17.6 Å². The van der Waals surface area contributed by atoms with Crippen LogP contribution in [0.4, 0.5) is 10.1 Å². The van der Waals surface area contributed by atoms with Crippen LogP contribution < -0.4 is 11.1 Å². The molecule has 0 unspecified atom stereocenters. The third-order valence-corrected chi connectivity index (χ3v) is 3.61. The summed E-state index contributed by atoms with van der Waals surface area (Å²) in [5.74, 6) is -1.61. The van der Waals surface area contributed by atoms with Gasteiger partial charge in [0, 0.05) is 11.3 Å². The van der Waals surface area contributed by atoms with E-state index in [1.807, 2.05) is 0 Å². The fraction of sp³-hybridized carbons (Fsp3) is 0. The minimum absolute atomic E-state index is 0.106. The van der Waals surface area contributed by atoms with E-state index in [1.165, 1.54) is 36.4 Å². The van der Waals surface area contributed by atoms with Crippen LogP contribution in [0, 0.1) is 5.82 Å². The molecule has 0 spiro atoms. The van der Waals surface area contributed by atoms with Gasteiger partial charge in [-0.05, 0) is 52.3 Å². The van der Waals surface area contributed by atoms with Crippen molar-refractivity contribution in [3.63, 3.8) is 0 Å². The summed E-state index contributed by atoms with van der Waals surface area (Å²) in [5, 5.41) is 2.78. The highest BCUT2D eigenvalue weighted by Gasteiger charge is 2.12. The Bertz CT molecular complexity index is 737. The SMILES string of the molecule is NC(=O)c1cc(NC(=O)c2ccc(F)c(Br)c2)ccc1Cl. The third-order valence-electron chi connectivity index (χ3n) is 2.67. The third kappa shape index (κ3) is 3.59. The van der Waals surface area contributed by atoms with Crippen LogP contribution in [0.15, 0.2) is 40.9 Å². The molecule has 0 radical (unpaired) electrons. The van der Waals surface area contributed by atoms with Crippen molar-refractivity contribution in [2.24, 2.45) is 5.73 Å². The van der Waals surface area contributed by atoms with Gasteiger partial charge >= 0.3 is 0 Å². The van der Waals surface area contributed by atoms with Gasteiger partial charge in [0.15, 0.2) is 0 Å². The summed E-state index contributed by atoms with van der Waals surface area (Å²) in [6.45, 7) is 0. The highest BCUT2D eigenvalue weighted by molar-refractivity contribution is 9.10. The smallest absolute Gasteiger partial charge is 0.255 e. The van der Waals surface area contributed by atoms with Crippen LogP contribution in [0.2, 0.25) is 5.02 Å². The minimum Gasteiger partial charge on any atom is -0.366 e. The van der Waals surface area contributed by atoms with Gasteiger partial charge in [-0.25, -0.2) is 4.39 Å². The zero-order chi connectivity index (χ0) is 15.6. The van der Waals surface area contributed by atoms with Gasteiger partial charge in [0.1, 0.15) is 5.82 Å². The summed E-state index contributed by atoms with van der Waals surface area (Å²) >= 11 is 8.83. The molecule has 0 atom stereocenters. The van der Waals surface area contributed by atoms with Crippen molar-refractivity contribution in [1.29, 1.82) is 0 Å². The van der Waals surface area contributed by atoms with E-state index in [0.29, 0.717) is 5.69 Å². The van der Waals surface area contributed by atoms with Crippen molar-refractivity contribution in [1.82, 2.24) is 0 Å². The Labute approximate surface area is 133 Å². The van der Waals surface area contributed by atoms with Crippen LogP contribution in [-0.2, 0) is 0 Å². The maximum absolute atomic E-state index is 13.1. The van der Waals surface area contributed by atoms with Gasteiger partial charge < -0.3 is 11.1 Å². The number of anilines is 1. The van der Waals surface area contributed by atoms with E-state index in [1.54, 1.807) is 0 Å². The molecule has 7 heteroatoms. The quantitative estimate of drug-likeness (QED) is 0.865. The van der Waals surface area contributed by atoms with Gasteiger partial charge in [0.05, 0.1) is 15.1 Å². The number of primary amides is 1. The predicted octanol–water partition coefficient (Wildman–Crippen LogP) is 3.59. The van der Waals surface area contributed by atoms with Crippen LogP contribution in [0.1, 0.15) is 20.7 Å². The fourth-order valence-electron chi connectivity index (χ4n) is 1.63. The number of rotatable bonds is 3. The average Bonchev–Trinajstić information content (AvgIpc) is 2.43. The molecule has 0 saturated carbocycles. The molecule has 0 heterocycles. The van der Waals surface area contributed by atoms with Crippen molar-refractivity contribution < 1.29 is 14.0 Å². The van der Waals surface area contributed by atoms with Crippen molar-refractivity contribution in [2.75, 3.05) is 5.32 Å². The zero-order valence-electron chi connectivity index (χ0n) is 10.5. The van der Waals surface area contributed by atoms with Crippen LogP contribution >= 0.6 is 27.5 Å². The molecule has 2 amide bonds. The topological polar surface area (TPSA) is 72.2 Å². The molecule has 0 aliphatic carbocycles. The highest BCUT2D eigenvalue weighted by Crippen LogP contribution is 2.22. The Hall–Kier alpha value is -1.92. The summed E-state index contributed by atoms with van der Waals surface area (Å²) in [7, 11) is 0. The molecule has 3 N–H and O–H groups in total. The molecular weight excluding hydrogens is 363 g/mol. The monoisotopic (exact) mass is 370 g/mol. The summed E-state index contributed by atoms with van der Waals surface area (Å²) < 4.78 is 13.3. The maximum Gasteiger partial charge on any atom is 0.255 e. The number of hydrogen-bond donors (Lipinski definition) is 2. The van der Waals surface area contributed by atoms with E-state index in [-0.39, 0.29) is 20.6 Å². The van der Waals surface area contributed by atoms with Gasteiger partial charge in [-0.15, -0.1) is 0 Å². The van der Waals surface area contributed by atoms with Crippen LogP contribution in [0.5, 0.6) is 0 Å². The molecule has 0 aliphatic rings. The van der Waals surface area contributed by atoms with E-state index in [9.17, 15) is 14.0 Å². The van der Waals surface area contributed by atoms with Gasteiger partial charge in [0.25, 0.3) is 5.91 Å². The fourth-order valence-corrected chi connectivity index (χ4v) is 2.22. The second-order valence-corrected chi connectivity index (χ2v) is 5.40. The largest absolute Gasteiger partial charge is 0.366 e. The summed E-state index contributed by atoms with van der Waals surface area (Å²) in [4.78, 5) is 23.2. The lowest BCUT2D eigenvalue weighted by Crippen LogP contribution is -2.15. The Balaban J connectivity index is 2.25. The van der Waals surface area contributed by atoms with Crippen LogP contribution in [-0.4, -0.2) is 11.8 Å². The highest BCUT2D eigenvalue weighted by atomic mass is 79.9. The number of carbonyl (C=O) groups excluding carboxylic acids is 2. The first-order valence-electron chi connectivity index (χ1n) is 5.74. The molecule has 21 heavy (non-hydrogen) atoms. The summed E-state index contributed by atoms with van der Waals surface area (Å²) in [6.07, 6.45) is 0. The van der Waals surface area contributed by atoms with Gasteiger partial charge in [-0.1, -0.05) is 11.6 Å². The lowest BCUT2D eigenvalue weighted by Gasteiger charge is -2.08. The summed E-state index contributed by atoms with van der Waals surface area (Å²) in [5.41, 5.74) is 5.91. The number of nitrogens with two attached hydrogens (primary N) is 1. The lowest BCUT2D eigenvalue weighted by molar-refractivity contribution is 0.0996. The molecule has 0 aliphatic heterocycles. The Morgan fingerprint density at radius 3 is 2.52 bits per heavy atom. The van der Waals surface area contributed by atoms with Crippen LogP contribution in [0.3, 0.4) is 0 Å². The second kappa shape index (κ2) is 6.24. The molecule has 2 aromatic rings. The summed E-state index contributed by atoms with van der Waals surface area (Å²) in [6, 6.07) is 8.25. The molecule has 2 aromatic carbocycles. The van der Waals surface area contributed by atoms with Gasteiger partial charge in [-0.2, -0.15) is 0 Å². The number of nitrogens with one attached hydrogen (secondary N) is 1. The van der Waals surface area contributed by atoms with Crippen molar-refractivity contribution >= 4 is 45.0 Å². The zero-order valence-corrected chi connectivity index (χ0v) is 12.8. The Morgan fingerprint density at radius 2 is 1.90 bits per heavy atom. The predicted molar refractivity (Wildman–Crippen MR) is 82.0 cm³/mol. The number of carbonyl (C=O) groups is 2. The first kappa shape index (κ1) is 15.5. The van der Waals surface area contributed by atoms with Crippen molar-refractivity contribution in [3.05, 3.63) is 62.8 Å². The first-order chi connectivity index (χ1) is 9.88. The normalized spacial score (nSPS) is 10.2. The van der Waals surface area contributed by atoms with E-state index in [0.717, 1.165) is 0 Å². The molecule has 2 rings (SSSR count). The van der Waals surface area contributed by atoms with Gasteiger partial charge in [0.2, 0.25) is 5.91 Å². The Morgan fingerprint density at radius 1 is 1.19 bits per heavy atom. The molecule has 0 bridgehead atoms. The Kier molecular flexibility index (Phi) is 4.59. The molecule has 0 fully saturated rings. The number of halogens is 3. The molecule has 108 valence electrons. The van der Waals surface area contributed by atoms with Gasteiger partial charge in [-0.3, -0.25) is 9.59 Å². The van der Waals surface area contributed by atoms with E-state index in [2.05, 4.69) is 21.2 Å². The maximum atomic E-state index is 13.1. The number of benzene rings is 2. The average molecular weight is 372 g/mol. The minimum atomic E-state index is -0.694. The van der Waals surface area contributed by atoms with Crippen molar-refractivity contribution in [3.8, 4) is 0 Å². The van der Waals surface area contributed by atoms with Crippen LogP contribution in [0.25, 0.3) is 0 Å². The standard InChI is InChI=1S/C14H9BrClFN2O2/c15-10-5-7(1-4-12(10)17)14(21)19-8-2-3-11(16)9(6-8)13(18)20/h1-6H,(H2,18,20)(H,19,21). The van der Waals surface area contributed by atoms with E-state index >= 15 is 0 Å². The molecule has 0 aromatic heterocycles. The van der Waals surface area contributed by atoms with Crippen molar-refractivity contribution in [2.45, 2.75) is 0 Å². The second-order valence-electron chi connectivity index (χ2n) is 4.14. The first-order valence-corrected chi connectivity index (χ1v) is 6.91. The lowest BCUT2D eigenvalue weighted by atomic mass is 10.1. The number of amides is 2. The number of hydrogen-bond acceptors (Lipinski definition) is 2. The molecular formula is C14H9BrClFN2O2. The van der Waals surface area contributed by atoms with E-state index in [4.69, 9.17) is 17.3 Å². The molecule has 4 nitrogen and oxygen atoms in total. The molecule has 0 saturated heterocycles.